The highest BCUT2D eigenvalue weighted by molar-refractivity contribution is 7.22. The predicted molar refractivity (Wildman–Crippen MR) is 110 cm³/mol. The van der Waals surface area contributed by atoms with Crippen molar-refractivity contribution in [2.24, 2.45) is 0 Å². The molecule has 0 fully saturated rings. The van der Waals surface area contributed by atoms with Gasteiger partial charge in [0.1, 0.15) is 16.1 Å². The fourth-order valence-corrected chi connectivity index (χ4v) is 5.46. The molecule has 0 spiro atoms. The van der Waals surface area contributed by atoms with Crippen molar-refractivity contribution in [3.63, 3.8) is 0 Å². The molecule has 0 saturated heterocycles. The number of nitrogens with two attached hydrogens (primary N) is 1. The second-order valence-corrected chi connectivity index (χ2v) is 9.93. The largest absolute Gasteiger partial charge is 0.444 e. The molecule has 0 bridgehead atoms. The summed E-state index contributed by atoms with van der Waals surface area (Å²) in [6.45, 7) is 8.22. The number of amides is 1. The Kier molecular flexibility index (Phi) is 4.35. The lowest BCUT2D eigenvalue weighted by Gasteiger charge is -2.35. The van der Waals surface area contributed by atoms with Crippen molar-refractivity contribution >= 4 is 44.0 Å². The van der Waals surface area contributed by atoms with Crippen LogP contribution in [0, 0.1) is 0 Å². The molecule has 4 rings (SSSR count). The van der Waals surface area contributed by atoms with E-state index in [-0.39, 0.29) is 12.1 Å². The molecule has 3 aromatic heterocycles. The van der Waals surface area contributed by atoms with Gasteiger partial charge in [0, 0.05) is 22.7 Å². The molecule has 1 amide bonds. The fourth-order valence-electron chi connectivity index (χ4n) is 3.28. The van der Waals surface area contributed by atoms with Crippen LogP contribution in [0.5, 0.6) is 0 Å². The zero-order valence-electron chi connectivity index (χ0n) is 15.8. The van der Waals surface area contributed by atoms with Gasteiger partial charge in [-0.15, -0.1) is 22.7 Å². The average Bonchev–Trinajstić information content (AvgIpc) is 3.11. The SMILES string of the molecule is CC1Cc2c(sc(N)c2-c2nc3cnccc3s2)CN1C(=O)OC(C)(C)C. The maximum atomic E-state index is 12.6. The highest BCUT2D eigenvalue weighted by atomic mass is 32.1. The zero-order valence-corrected chi connectivity index (χ0v) is 17.4. The summed E-state index contributed by atoms with van der Waals surface area (Å²) in [5.74, 6) is 0. The number of rotatable bonds is 1. The first-order chi connectivity index (χ1) is 12.7. The second kappa shape index (κ2) is 6.45. The number of aromatic nitrogens is 2. The number of anilines is 1. The third kappa shape index (κ3) is 3.39. The van der Waals surface area contributed by atoms with Gasteiger partial charge in [-0.3, -0.25) is 4.98 Å². The van der Waals surface area contributed by atoms with Crippen LogP contribution in [-0.2, 0) is 17.7 Å². The number of thiazole rings is 1. The molecule has 0 aliphatic carbocycles. The van der Waals surface area contributed by atoms with E-state index >= 15 is 0 Å². The van der Waals surface area contributed by atoms with Crippen LogP contribution in [-0.4, -0.2) is 32.6 Å². The molecule has 3 aromatic rings. The molecule has 1 unspecified atom stereocenters. The third-order valence-corrected chi connectivity index (χ3v) is 6.60. The van der Waals surface area contributed by atoms with Crippen molar-refractivity contribution in [1.82, 2.24) is 14.9 Å². The molecule has 0 saturated carbocycles. The molecule has 1 atom stereocenters. The molecule has 0 aromatic carbocycles. The Morgan fingerprint density at radius 2 is 2.15 bits per heavy atom. The smallest absolute Gasteiger partial charge is 0.410 e. The molecule has 2 N–H and O–H groups in total. The predicted octanol–water partition coefficient (Wildman–Crippen LogP) is 4.68. The summed E-state index contributed by atoms with van der Waals surface area (Å²) >= 11 is 3.17. The summed E-state index contributed by atoms with van der Waals surface area (Å²) in [5.41, 5.74) is 8.98. The van der Waals surface area contributed by atoms with E-state index in [4.69, 9.17) is 15.5 Å². The first-order valence-electron chi connectivity index (χ1n) is 8.83. The van der Waals surface area contributed by atoms with Crippen LogP contribution in [0.3, 0.4) is 0 Å². The van der Waals surface area contributed by atoms with Gasteiger partial charge in [0.25, 0.3) is 0 Å². The Hall–Kier alpha value is -2.19. The van der Waals surface area contributed by atoms with Gasteiger partial charge >= 0.3 is 6.09 Å². The van der Waals surface area contributed by atoms with Crippen LogP contribution < -0.4 is 5.73 Å². The number of fused-ring (bicyclic) bond motifs is 2. The Balaban J connectivity index is 1.69. The molecule has 0 radical (unpaired) electrons. The number of thiophene rings is 1. The van der Waals surface area contributed by atoms with Gasteiger partial charge in [0.2, 0.25) is 0 Å². The Morgan fingerprint density at radius 1 is 1.37 bits per heavy atom. The number of nitrogens with zero attached hydrogens (tertiary/aromatic N) is 3. The van der Waals surface area contributed by atoms with Gasteiger partial charge in [-0.25, -0.2) is 9.78 Å². The van der Waals surface area contributed by atoms with Crippen molar-refractivity contribution in [1.29, 1.82) is 0 Å². The number of hydrogen-bond donors (Lipinski definition) is 1. The average molecular weight is 403 g/mol. The highest BCUT2D eigenvalue weighted by Crippen LogP contribution is 2.45. The van der Waals surface area contributed by atoms with E-state index in [1.54, 1.807) is 40.0 Å². The van der Waals surface area contributed by atoms with Gasteiger partial charge in [-0.2, -0.15) is 0 Å². The van der Waals surface area contributed by atoms with E-state index in [2.05, 4.69) is 4.98 Å². The van der Waals surface area contributed by atoms with Crippen molar-refractivity contribution in [2.75, 3.05) is 5.73 Å². The summed E-state index contributed by atoms with van der Waals surface area (Å²) in [4.78, 5) is 24.3. The van der Waals surface area contributed by atoms with Gasteiger partial charge in [-0.05, 0) is 45.7 Å². The number of carbonyl (C=O) groups excluding carboxylic acids is 1. The summed E-state index contributed by atoms with van der Waals surface area (Å²) in [7, 11) is 0. The van der Waals surface area contributed by atoms with E-state index in [1.165, 1.54) is 5.56 Å². The third-order valence-electron chi connectivity index (χ3n) is 4.50. The number of ether oxygens (including phenoxy) is 1. The van der Waals surface area contributed by atoms with Crippen molar-refractivity contribution in [2.45, 2.75) is 52.3 Å². The van der Waals surface area contributed by atoms with Crippen LogP contribution >= 0.6 is 22.7 Å². The van der Waals surface area contributed by atoms with E-state index < -0.39 is 5.60 Å². The van der Waals surface area contributed by atoms with Gasteiger partial charge in [0.15, 0.2) is 0 Å². The van der Waals surface area contributed by atoms with Crippen molar-refractivity contribution < 1.29 is 9.53 Å². The van der Waals surface area contributed by atoms with E-state index in [0.29, 0.717) is 6.54 Å². The first-order valence-corrected chi connectivity index (χ1v) is 10.5. The van der Waals surface area contributed by atoms with Crippen molar-refractivity contribution in [3.05, 3.63) is 28.9 Å². The molecule has 27 heavy (non-hydrogen) atoms. The topological polar surface area (TPSA) is 81.3 Å². The van der Waals surface area contributed by atoms with Crippen LogP contribution in [0.25, 0.3) is 20.8 Å². The summed E-state index contributed by atoms with van der Waals surface area (Å²) in [5, 5.41) is 1.68. The maximum absolute atomic E-state index is 12.6. The lowest BCUT2D eigenvalue weighted by Crippen LogP contribution is -2.44. The Bertz CT molecular complexity index is 986. The van der Waals surface area contributed by atoms with Gasteiger partial charge in [0.05, 0.1) is 22.4 Å². The fraction of sp³-hybridized carbons (Fsp3) is 0.421. The molecule has 1 aliphatic rings. The minimum absolute atomic E-state index is 0.0381. The molecular formula is C19H22N4O2S2. The number of hydrogen-bond acceptors (Lipinski definition) is 7. The second-order valence-electron chi connectivity index (χ2n) is 7.77. The van der Waals surface area contributed by atoms with Crippen LogP contribution in [0.1, 0.15) is 38.1 Å². The standard InChI is InChI=1S/C19H22N4O2S2/c1-10-7-11-14(9-23(10)18(24)25-19(2,3)4)26-16(20)15(11)17-22-12-8-21-6-5-13(12)27-17/h5-6,8,10H,7,9,20H2,1-4H3. The van der Waals surface area contributed by atoms with E-state index in [9.17, 15) is 4.79 Å². The first kappa shape index (κ1) is 18.2. The summed E-state index contributed by atoms with van der Waals surface area (Å²) in [6, 6.07) is 2.01. The maximum Gasteiger partial charge on any atom is 0.410 e. The van der Waals surface area contributed by atoms with Crippen LogP contribution in [0.4, 0.5) is 9.80 Å². The van der Waals surface area contributed by atoms with E-state index in [0.717, 1.165) is 37.1 Å². The number of carbonyl (C=O) groups is 1. The summed E-state index contributed by atoms with van der Waals surface area (Å²) in [6.07, 6.45) is 4.01. The number of pyridine rings is 1. The van der Waals surface area contributed by atoms with E-state index in [1.807, 2.05) is 33.8 Å². The Morgan fingerprint density at radius 3 is 2.85 bits per heavy atom. The van der Waals surface area contributed by atoms with Gasteiger partial charge in [-0.1, -0.05) is 0 Å². The molecule has 8 heteroatoms. The van der Waals surface area contributed by atoms with Crippen molar-refractivity contribution in [3.8, 4) is 10.6 Å². The minimum atomic E-state index is -0.508. The molecule has 6 nitrogen and oxygen atoms in total. The highest BCUT2D eigenvalue weighted by Gasteiger charge is 2.34. The monoisotopic (exact) mass is 402 g/mol. The zero-order chi connectivity index (χ0) is 19.3. The molecule has 1 aliphatic heterocycles. The quantitative estimate of drug-likeness (QED) is 0.639. The van der Waals surface area contributed by atoms with Gasteiger partial charge < -0.3 is 15.4 Å². The summed E-state index contributed by atoms with van der Waals surface area (Å²) < 4.78 is 6.66. The van der Waals surface area contributed by atoms with Crippen LogP contribution in [0.15, 0.2) is 18.5 Å². The lowest BCUT2D eigenvalue weighted by atomic mass is 9.98. The molecular weight excluding hydrogens is 380 g/mol. The molecule has 4 heterocycles. The number of nitrogen functional groups attached to an aromatic ring is 1. The van der Waals surface area contributed by atoms with Crippen LogP contribution in [0.2, 0.25) is 0 Å². The Labute approximate surface area is 166 Å². The minimum Gasteiger partial charge on any atom is -0.444 e. The lowest BCUT2D eigenvalue weighted by molar-refractivity contribution is 0.0142. The normalized spacial score (nSPS) is 17.2. The molecule has 142 valence electrons.